The largest absolute Gasteiger partial charge is 0.490 e. The van der Waals surface area contributed by atoms with Gasteiger partial charge in [0, 0.05) is 63.9 Å². The Balaban J connectivity index is 1.75. The van der Waals surface area contributed by atoms with Gasteiger partial charge in [-0.25, -0.2) is 0 Å². The summed E-state index contributed by atoms with van der Waals surface area (Å²) in [5, 5.41) is 29.5. The normalized spacial score (nSPS) is 18.5. The standard InChI is InChI=1S/C23H34N4O5/c1-24-12-14-25(15-13-24)19-8-10-26(11-9-19)20-17-22(32-2)21(27(30)31)16-18(20)6-4-3-5-7-23(28)29/h16-17,19,23,28-29H,3,5,7-15H2,1-2H3. The van der Waals surface area contributed by atoms with Crippen LogP contribution in [-0.4, -0.2) is 90.7 Å². The SMILES string of the molecule is COc1cc(N2CCC(N3CCN(C)CC3)CC2)c(C#CCCCC(O)O)cc1[N+](=O)[O-]. The number of benzene rings is 1. The average Bonchev–Trinajstić information content (AvgIpc) is 2.79. The second-order valence-electron chi connectivity index (χ2n) is 8.53. The van der Waals surface area contributed by atoms with E-state index in [4.69, 9.17) is 14.9 Å². The van der Waals surface area contributed by atoms with Crippen molar-refractivity contribution in [2.24, 2.45) is 0 Å². The van der Waals surface area contributed by atoms with Crippen LogP contribution in [0.25, 0.3) is 0 Å². The fourth-order valence-corrected chi connectivity index (χ4v) is 4.42. The van der Waals surface area contributed by atoms with Crippen LogP contribution in [0.1, 0.15) is 37.7 Å². The van der Waals surface area contributed by atoms with Crippen LogP contribution in [0.5, 0.6) is 5.75 Å². The van der Waals surface area contributed by atoms with Gasteiger partial charge in [0.05, 0.1) is 23.3 Å². The molecule has 0 unspecified atom stereocenters. The first-order valence-corrected chi connectivity index (χ1v) is 11.3. The number of nitro benzene ring substituents is 1. The smallest absolute Gasteiger partial charge is 0.312 e. The van der Waals surface area contributed by atoms with E-state index >= 15 is 0 Å². The molecule has 2 heterocycles. The first-order chi connectivity index (χ1) is 15.4. The number of methoxy groups -OCH3 is 1. The first-order valence-electron chi connectivity index (χ1n) is 11.3. The molecular formula is C23H34N4O5. The Kier molecular flexibility index (Phi) is 8.70. The lowest BCUT2D eigenvalue weighted by atomic mass is 10.00. The van der Waals surface area contributed by atoms with Gasteiger partial charge >= 0.3 is 5.69 Å². The van der Waals surface area contributed by atoms with Crippen molar-refractivity contribution in [1.82, 2.24) is 9.80 Å². The molecule has 2 aliphatic heterocycles. The molecule has 2 saturated heterocycles. The van der Waals surface area contributed by atoms with Crippen LogP contribution in [0.4, 0.5) is 11.4 Å². The molecule has 0 bridgehead atoms. The van der Waals surface area contributed by atoms with E-state index in [-0.39, 0.29) is 17.9 Å². The summed E-state index contributed by atoms with van der Waals surface area (Å²) in [6.07, 6.45) is 2.05. The fourth-order valence-electron chi connectivity index (χ4n) is 4.42. The monoisotopic (exact) mass is 446 g/mol. The Labute approximate surface area is 189 Å². The van der Waals surface area contributed by atoms with Gasteiger partial charge in [0.2, 0.25) is 0 Å². The lowest BCUT2D eigenvalue weighted by Gasteiger charge is -2.42. The van der Waals surface area contributed by atoms with Gasteiger partial charge in [-0.1, -0.05) is 11.8 Å². The summed E-state index contributed by atoms with van der Waals surface area (Å²) >= 11 is 0. The third-order valence-electron chi connectivity index (χ3n) is 6.34. The highest BCUT2D eigenvalue weighted by Crippen LogP contribution is 2.36. The molecule has 32 heavy (non-hydrogen) atoms. The average molecular weight is 447 g/mol. The molecule has 9 heteroatoms. The molecule has 1 aromatic carbocycles. The van der Waals surface area contributed by atoms with Gasteiger partial charge in [-0.15, -0.1) is 0 Å². The number of aliphatic hydroxyl groups excluding tert-OH is 1. The van der Waals surface area contributed by atoms with Crippen LogP contribution < -0.4 is 9.64 Å². The number of nitro groups is 1. The van der Waals surface area contributed by atoms with Crippen molar-refractivity contribution < 1.29 is 19.9 Å². The number of hydrogen-bond donors (Lipinski definition) is 2. The Bertz CT molecular complexity index is 835. The lowest BCUT2D eigenvalue weighted by Crippen LogP contribution is -2.52. The second kappa shape index (κ2) is 11.5. The number of ether oxygens (including phenoxy) is 1. The maximum Gasteiger partial charge on any atom is 0.312 e. The van der Waals surface area contributed by atoms with Gasteiger partial charge in [-0.3, -0.25) is 15.0 Å². The summed E-state index contributed by atoms with van der Waals surface area (Å²) in [6, 6.07) is 3.80. The minimum Gasteiger partial charge on any atom is -0.490 e. The molecule has 2 fully saturated rings. The number of anilines is 1. The molecule has 2 N–H and O–H groups in total. The number of piperidine rings is 1. The zero-order valence-electron chi connectivity index (χ0n) is 19.0. The molecule has 0 atom stereocenters. The van der Waals surface area contributed by atoms with Crippen molar-refractivity contribution in [3.63, 3.8) is 0 Å². The minimum absolute atomic E-state index is 0.0985. The lowest BCUT2D eigenvalue weighted by molar-refractivity contribution is -0.385. The van der Waals surface area contributed by atoms with Crippen LogP contribution in [-0.2, 0) is 0 Å². The van der Waals surface area contributed by atoms with Gasteiger partial charge in [0.1, 0.15) is 0 Å². The molecule has 9 nitrogen and oxygen atoms in total. The predicted molar refractivity (Wildman–Crippen MR) is 123 cm³/mol. The Morgan fingerprint density at radius 3 is 2.47 bits per heavy atom. The highest BCUT2D eigenvalue weighted by Gasteiger charge is 2.29. The Hall–Kier alpha value is -2.38. The van der Waals surface area contributed by atoms with Gasteiger partial charge in [0.15, 0.2) is 12.0 Å². The molecule has 176 valence electrons. The highest BCUT2D eigenvalue weighted by molar-refractivity contribution is 5.69. The topological polar surface area (TPSA) is 103 Å². The van der Waals surface area contributed by atoms with E-state index in [1.165, 1.54) is 13.2 Å². The van der Waals surface area contributed by atoms with Crippen molar-refractivity contribution in [3.05, 3.63) is 27.8 Å². The van der Waals surface area contributed by atoms with Gasteiger partial charge in [-0.2, -0.15) is 0 Å². The van der Waals surface area contributed by atoms with E-state index in [1.54, 1.807) is 6.07 Å². The van der Waals surface area contributed by atoms with Gasteiger partial charge in [-0.05, 0) is 32.7 Å². The van der Waals surface area contributed by atoms with Crippen molar-refractivity contribution in [2.45, 2.75) is 44.4 Å². The van der Waals surface area contributed by atoms with Crippen LogP contribution >= 0.6 is 0 Å². The third kappa shape index (κ3) is 6.33. The minimum atomic E-state index is -1.34. The number of rotatable bonds is 7. The fraction of sp³-hybridized carbons (Fsp3) is 0.652. The van der Waals surface area contributed by atoms with E-state index in [1.807, 2.05) is 0 Å². The zero-order chi connectivity index (χ0) is 23.1. The van der Waals surface area contributed by atoms with Crippen molar-refractivity contribution in [3.8, 4) is 17.6 Å². The van der Waals surface area contributed by atoms with Crippen LogP contribution in [0.15, 0.2) is 12.1 Å². The number of likely N-dealkylation sites (N-methyl/N-ethyl adjacent to an activating group) is 1. The van der Waals surface area contributed by atoms with Crippen LogP contribution in [0.2, 0.25) is 0 Å². The molecule has 0 aliphatic carbocycles. The number of hydrogen-bond acceptors (Lipinski definition) is 8. The summed E-state index contributed by atoms with van der Waals surface area (Å²) in [6.45, 7) is 6.14. The van der Waals surface area contributed by atoms with E-state index < -0.39 is 11.2 Å². The van der Waals surface area contributed by atoms with E-state index in [9.17, 15) is 10.1 Å². The maximum absolute atomic E-state index is 11.5. The van der Waals surface area contributed by atoms with Crippen molar-refractivity contribution in [2.75, 3.05) is 58.3 Å². The number of aliphatic hydroxyl groups is 2. The van der Waals surface area contributed by atoms with E-state index in [2.05, 4.69) is 33.6 Å². The summed E-state index contributed by atoms with van der Waals surface area (Å²) < 4.78 is 5.30. The molecule has 0 radical (unpaired) electrons. The van der Waals surface area contributed by atoms with Crippen LogP contribution in [0.3, 0.4) is 0 Å². The molecule has 0 spiro atoms. The van der Waals surface area contributed by atoms with Gasteiger partial charge < -0.3 is 24.7 Å². The summed E-state index contributed by atoms with van der Waals surface area (Å²) in [4.78, 5) is 18.3. The zero-order valence-corrected chi connectivity index (χ0v) is 19.0. The molecular weight excluding hydrogens is 412 g/mol. The molecule has 0 aromatic heterocycles. The number of piperazine rings is 1. The summed E-state index contributed by atoms with van der Waals surface area (Å²) in [5.41, 5.74) is 1.37. The van der Waals surface area contributed by atoms with Crippen molar-refractivity contribution >= 4 is 11.4 Å². The highest BCUT2D eigenvalue weighted by atomic mass is 16.6. The van der Waals surface area contributed by atoms with E-state index in [0.29, 0.717) is 24.4 Å². The summed E-state index contributed by atoms with van der Waals surface area (Å²) in [5.74, 6) is 6.35. The van der Waals surface area contributed by atoms with Crippen LogP contribution in [0, 0.1) is 22.0 Å². The van der Waals surface area contributed by atoms with E-state index in [0.717, 1.165) is 57.8 Å². The molecule has 0 saturated carbocycles. The molecule has 3 rings (SSSR count). The first kappa shape index (κ1) is 24.3. The number of unbranched alkanes of at least 4 members (excludes halogenated alkanes) is 1. The van der Waals surface area contributed by atoms with Gasteiger partial charge in [0.25, 0.3) is 0 Å². The Morgan fingerprint density at radius 2 is 1.88 bits per heavy atom. The molecule has 0 amide bonds. The quantitative estimate of drug-likeness (QED) is 0.214. The summed E-state index contributed by atoms with van der Waals surface area (Å²) in [7, 11) is 3.60. The molecule has 2 aliphatic rings. The third-order valence-corrected chi connectivity index (χ3v) is 6.34. The maximum atomic E-state index is 11.5. The number of nitrogens with zero attached hydrogens (tertiary/aromatic N) is 4. The second-order valence-corrected chi connectivity index (χ2v) is 8.53. The van der Waals surface area contributed by atoms with Crippen molar-refractivity contribution in [1.29, 1.82) is 0 Å². The molecule has 1 aromatic rings. The Morgan fingerprint density at radius 1 is 1.19 bits per heavy atom. The predicted octanol–water partition coefficient (Wildman–Crippen LogP) is 1.65.